The Labute approximate surface area is 108 Å². The summed E-state index contributed by atoms with van der Waals surface area (Å²) in [5, 5.41) is 9.42. The van der Waals surface area contributed by atoms with Crippen LogP contribution in [0.4, 0.5) is 5.69 Å². The quantitative estimate of drug-likeness (QED) is 0.832. The van der Waals surface area contributed by atoms with Crippen molar-refractivity contribution in [1.29, 1.82) is 0 Å². The third kappa shape index (κ3) is 3.31. The van der Waals surface area contributed by atoms with E-state index in [2.05, 4.69) is 13.8 Å². The molecule has 1 rings (SSSR count). The van der Waals surface area contributed by atoms with Gasteiger partial charge in [-0.25, -0.2) is 0 Å². The smallest absolute Gasteiger partial charge is 0.256 e. The van der Waals surface area contributed by atoms with Gasteiger partial charge in [0.25, 0.3) is 5.91 Å². The maximum Gasteiger partial charge on any atom is 0.256 e. The molecule has 0 saturated carbocycles. The summed E-state index contributed by atoms with van der Waals surface area (Å²) in [6, 6.07) is 7.81. The monoisotopic (exact) mass is 250 g/mol. The van der Waals surface area contributed by atoms with E-state index in [1.807, 2.05) is 24.3 Å². The molecule has 100 valence electrons. The number of aliphatic hydroxyl groups is 1. The van der Waals surface area contributed by atoms with E-state index in [0.717, 1.165) is 12.1 Å². The fourth-order valence-corrected chi connectivity index (χ4v) is 1.71. The maximum atomic E-state index is 11.7. The predicted octanol–water partition coefficient (Wildman–Crippen LogP) is 1.48. The molecule has 0 bridgehead atoms. The molecule has 1 amide bonds. The van der Waals surface area contributed by atoms with E-state index in [-0.39, 0.29) is 12.5 Å². The lowest BCUT2D eigenvalue weighted by Gasteiger charge is -2.20. The first-order valence-electron chi connectivity index (χ1n) is 6.26. The van der Waals surface area contributed by atoms with Gasteiger partial charge in [0.15, 0.2) is 0 Å². The summed E-state index contributed by atoms with van der Waals surface area (Å²) < 4.78 is 0. The fourth-order valence-electron chi connectivity index (χ4n) is 1.71. The fraction of sp³-hybridized carbons (Fsp3) is 0.500. The van der Waals surface area contributed by atoms with Gasteiger partial charge in [0.2, 0.25) is 0 Å². The highest BCUT2D eigenvalue weighted by Crippen LogP contribution is 2.22. The van der Waals surface area contributed by atoms with Gasteiger partial charge in [0.1, 0.15) is 6.10 Å². The molecule has 4 heteroatoms. The molecule has 0 saturated heterocycles. The van der Waals surface area contributed by atoms with Crippen molar-refractivity contribution in [1.82, 2.24) is 0 Å². The van der Waals surface area contributed by atoms with Gasteiger partial charge in [0.05, 0.1) is 0 Å². The normalized spacial score (nSPS) is 14.1. The van der Waals surface area contributed by atoms with Gasteiger partial charge < -0.3 is 15.7 Å². The summed E-state index contributed by atoms with van der Waals surface area (Å²) in [6.07, 6.45) is -0.0516. The third-order valence-corrected chi connectivity index (χ3v) is 3.30. The van der Waals surface area contributed by atoms with Gasteiger partial charge in [-0.15, -0.1) is 0 Å². The molecule has 1 aromatic rings. The highest BCUT2D eigenvalue weighted by molar-refractivity contribution is 5.96. The van der Waals surface area contributed by atoms with E-state index in [1.54, 1.807) is 7.05 Å². The number of likely N-dealkylation sites (N-methyl/N-ethyl adjacent to an activating group) is 1. The number of hydrogen-bond acceptors (Lipinski definition) is 3. The summed E-state index contributed by atoms with van der Waals surface area (Å²) in [5.41, 5.74) is 7.29. The zero-order valence-corrected chi connectivity index (χ0v) is 11.3. The second-order valence-electron chi connectivity index (χ2n) is 4.55. The van der Waals surface area contributed by atoms with Crippen LogP contribution in [0.5, 0.6) is 0 Å². The molecule has 0 heterocycles. The minimum absolute atomic E-state index is 0.0614. The Morgan fingerprint density at radius 1 is 1.39 bits per heavy atom. The molecule has 3 N–H and O–H groups in total. The van der Waals surface area contributed by atoms with Gasteiger partial charge in [-0.05, 0) is 30.0 Å². The number of rotatable bonds is 5. The highest BCUT2D eigenvalue weighted by Gasteiger charge is 2.18. The molecule has 0 fully saturated rings. The summed E-state index contributed by atoms with van der Waals surface area (Å²) >= 11 is 0. The molecule has 2 atom stereocenters. The van der Waals surface area contributed by atoms with Crippen LogP contribution in [0.2, 0.25) is 0 Å². The molecule has 1 aromatic carbocycles. The first-order chi connectivity index (χ1) is 8.51. The molecule has 2 unspecified atom stereocenters. The summed E-state index contributed by atoms with van der Waals surface area (Å²) in [4.78, 5) is 13.2. The molecule has 4 nitrogen and oxygen atoms in total. The minimum atomic E-state index is -1.13. The van der Waals surface area contributed by atoms with Gasteiger partial charge in [0, 0.05) is 19.3 Å². The number of anilines is 1. The van der Waals surface area contributed by atoms with Crippen molar-refractivity contribution in [3.8, 4) is 0 Å². The molecule has 0 radical (unpaired) electrons. The zero-order valence-electron chi connectivity index (χ0n) is 11.3. The van der Waals surface area contributed by atoms with Crippen LogP contribution < -0.4 is 10.6 Å². The van der Waals surface area contributed by atoms with Crippen LogP contribution in [0.25, 0.3) is 0 Å². The van der Waals surface area contributed by atoms with Crippen LogP contribution in [0.1, 0.15) is 31.7 Å². The van der Waals surface area contributed by atoms with Crippen molar-refractivity contribution in [2.75, 3.05) is 18.5 Å². The van der Waals surface area contributed by atoms with Gasteiger partial charge in [-0.1, -0.05) is 26.0 Å². The molecule has 18 heavy (non-hydrogen) atoms. The van der Waals surface area contributed by atoms with Crippen molar-refractivity contribution < 1.29 is 9.90 Å². The van der Waals surface area contributed by atoms with E-state index >= 15 is 0 Å². The Morgan fingerprint density at radius 3 is 2.39 bits per heavy atom. The molecule has 0 aliphatic carbocycles. The molecule has 0 spiro atoms. The van der Waals surface area contributed by atoms with Gasteiger partial charge in [-0.2, -0.15) is 0 Å². The van der Waals surface area contributed by atoms with Crippen molar-refractivity contribution >= 4 is 11.6 Å². The molecule has 0 aromatic heterocycles. The van der Waals surface area contributed by atoms with E-state index < -0.39 is 6.10 Å². The lowest BCUT2D eigenvalue weighted by Crippen LogP contribution is -2.40. The first kappa shape index (κ1) is 14.7. The molecular weight excluding hydrogens is 228 g/mol. The second-order valence-corrected chi connectivity index (χ2v) is 4.55. The van der Waals surface area contributed by atoms with Crippen LogP contribution in [0, 0.1) is 0 Å². The Morgan fingerprint density at radius 2 is 1.94 bits per heavy atom. The van der Waals surface area contributed by atoms with Gasteiger partial charge >= 0.3 is 0 Å². The molecule has 0 aliphatic rings. The average molecular weight is 250 g/mol. The lowest BCUT2D eigenvalue weighted by molar-refractivity contribution is -0.125. The standard InChI is InChI=1S/C14H22N2O2/c1-4-10(2)11-5-7-12(8-6-11)16(3)14(18)13(17)9-15/h5-8,10,13,17H,4,9,15H2,1-3H3. The Hall–Kier alpha value is -1.39. The van der Waals surface area contributed by atoms with Crippen LogP contribution >= 0.6 is 0 Å². The molecular formula is C14H22N2O2. The SMILES string of the molecule is CCC(C)c1ccc(N(C)C(=O)C(O)CN)cc1. The molecule has 0 aliphatic heterocycles. The number of nitrogens with zero attached hydrogens (tertiary/aromatic N) is 1. The summed E-state index contributed by atoms with van der Waals surface area (Å²) in [7, 11) is 1.64. The topological polar surface area (TPSA) is 66.6 Å². The lowest BCUT2D eigenvalue weighted by atomic mass is 9.98. The Balaban J connectivity index is 2.82. The summed E-state index contributed by atoms with van der Waals surface area (Å²) in [6.45, 7) is 4.25. The second kappa shape index (κ2) is 6.52. The van der Waals surface area contributed by atoms with Crippen molar-refractivity contribution in [2.45, 2.75) is 32.3 Å². The Bertz CT molecular complexity index is 389. The van der Waals surface area contributed by atoms with Crippen molar-refractivity contribution in [3.63, 3.8) is 0 Å². The largest absolute Gasteiger partial charge is 0.382 e. The average Bonchev–Trinajstić information content (AvgIpc) is 2.44. The maximum absolute atomic E-state index is 11.7. The van der Waals surface area contributed by atoms with Crippen LogP contribution in [-0.4, -0.2) is 30.7 Å². The summed E-state index contributed by atoms with van der Waals surface area (Å²) in [5.74, 6) is 0.128. The van der Waals surface area contributed by atoms with E-state index in [1.165, 1.54) is 10.5 Å². The zero-order chi connectivity index (χ0) is 13.7. The predicted molar refractivity (Wildman–Crippen MR) is 73.6 cm³/mol. The number of aliphatic hydroxyl groups excluding tert-OH is 1. The van der Waals surface area contributed by atoms with E-state index in [9.17, 15) is 9.90 Å². The highest BCUT2D eigenvalue weighted by atomic mass is 16.3. The van der Waals surface area contributed by atoms with E-state index in [0.29, 0.717) is 5.92 Å². The first-order valence-corrected chi connectivity index (χ1v) is 6.26. The minimum Gasteiger partial charge on any atom is -0.382 e. The van der Waals surface area contributed by atoms with Crippen molar-refractivity contribution in [2.24, 2.45) is 5.73 Å². The Kier molecular flexibility index (Phi) is 5.31. The number of hydrogen-bond donors (Lipinski definition) is 2. The number of amides is 1. The van der Waals surface area contributed by atoms with Crippen molar-refractivity contribution in [3.05, 3.63) is 29.8 Å². The number of benzene rings is 1. The number of nitrogens with two attached hydrogens (primary N) is 1. The van der Waals surface area contributed by atoms with Crippen LogP contribution in [0.3, 0.4) is 0 Å². The van der Waals surface area contributed by atoms with Gasteiger partial charge in [-0.3, -0.25) is 4.79 Å². The number of carbonyl (C=O) groups excluding carboxylic acids is 1. The third-order valence-electron chi connectivity index (χ3n) is 3.30. The number of carbonyl (C=O) groups is 1. The van der Waals surface area contributed by atoms with Crippen LogP contribution in [0.15, 0.2) is 24.3 Å². The van der Waals surface area contributed by atoms with E-state index in [4.69, 9.17) is 5.73 Å². The van der Waals surface area contributed by atoms with Crippen LogP contribution in [-0.2, 0) is 4.79 Å².